The molecule has 1 aliphatic heterocycles. The van der Waals surface area contributed by atoms with Crippen molar-refractivity contribution in [3.63, 3.8) is 0 Å². The van der Waals surface area contributed by atoms with Crippen LogP contribution in [-0.4, -0.2) is 40.9 Å². The van der Waals surface area contributed by atoms with Gasteiger partial charge in [-0.25, -0.2) is 18.8 Å². The minimum absolute atomic E-state index is 0.0827. The highest BCUT2D eigenvalue weighted by Gasteiger charge is 2.58. The summed E-state index contributed by atoms with van der Waals surface area (Å²) in [6.07, 6.45) is -3.02. The lowest BCUT2D eigenvalue weighted by molar-refractivity contribution is -0.149. The molecule has 0 aromatic heterocycles. The number of ether oxygens (including phenoxy) is 2. The van der Waals surface area contributed by atoms with Crippen LogP contribution in [0.1, 0.15) is 33.2 Å². The highest BCUT2D eigenvalue weighted by atomic mass is 35.5. The van der Waals surface area contributed by atoms with E-state index in [1.54, 1.807) is 0 Å². The molecule has 3 rings (SSSR count). The van der Waals surface area contributed by atoms with E-state index in [4.69, 9.17) is 32.7 Å². The Hall–Kier alpha value is -2.64. The van der Waals surface area contributed by atoms with Crippen molar-refractivity contribution in [1.29, 1.82) is 0 Å². The SMILES string of the molecule is C[C@]1(F)C(=O)O[C@H](Cc2cc(Cl)ccc2C(=O)O)[C@H]1OC(=O)c1ccc(Cl)cc1. The van der Waals surface area contributed by atoms with Gasteiger partial charge in [0.15, 0.2) is 6.10 Å². The normalized spacial score (nSPS) is 23.5. The van der Waals surface area contributed by atoms with E-state index in [0.29, 0.717) is 5.02 Å². The lowest BCUT2D eigenvalue weighted by Gasteiger charge is -2.23. The van der Waals surface area contributed by atoms with Gasteiger partial charge < -0.3 is 14.6 Å². The summed E-state index contributed by atoms with van der Waals surface area (Å²) in [6, 6.07) is 9.79. The van der Waals surface area contributed by atoms with Gasteiger partial charge in [-0.05, 0) is 55.0 Å². The molecule has 2 aromatic rings. The molecular formula is C20H15Cl2FO6. The summed E-state index contributed by atoms with van der Waals surface area (Å²) >= 11 is 11.7. The topological polar surface area (TPSA) is 89.9 Å². The van der Waals surface area contributed by atoms with Crippen LogP contribution in [0, 0.1) is 0 Å². The molecule has 1 saturated heterocycles. The standard InChI is InChI=1S/C20H15Cl2FO6/c1-20(23)16(29-18(26)10-2-4-12(21)5-3-10)15(28-19(20)27)9-11-8-13(22)6-7-14(11)17(24)25/h2-8,15-16H,9H2,1H3,(H,24,25)/t15-,16-,20-/m1/s1. The molecule has 0 unspecified atom stereocenters. The van der Waals surface area contributed by atoms with Crippen LogP contribution in [0.4, 0.5) is 4.39 Å². The number of esters is 2. The molecule has 2 aromatic carbocycles. The van der Waals surface area contributed by atoms with Crippen LogP contribution in [0.3, 0.4) is 0 Å². The molecule has 0 saturated carbocycles. The van der Waals surface area contributed by atoms with Crippen molar-refractivity contribution in [2.75, 3.05) is 0 Å². The monoisotopic (exact) mass is 440 g/mol. The quantitative estimate of drug-likeness (QED) is 0.703. The number of carbonyl (C=O) groups excluding carboxylic acids is 2. The third-order valence-corrected chi connectivity index (χ3v) is 5.05. The molecule has 1 aliphatic rings. The average Bonchev–Trinajstić information content (AvgIpc) is 2.85. The lowest BCUT2D eigenvalue weighted by Crippen LogP contribution is -2.43. The molecule has 0 amide bonds. The van der Waals surface area contributed by atoms with Gasteiger partial charge in [0.1, 0.15) is 6.10 Å². The third-order valence-electron chi connectivity index (χ3n) is 4.56. The second-order valence-corrected chi connectivity index (χ2v) is 7.54. The Balaban J connectivity index is 1.89. The van der Waals surface area contributed by atoms with Gasteiger partial charge in [-0.2, -0.15) is 0 Å². The first-order valence-corrected chi connectivity index (χ1v) is 9.23. The van der Waals surface area contributed by atoms with Crippen LogP contribution in [0.2, 0.25) is 10.0 Å². The second kappa shape index (κ2) is 8.00. The fraction of sp³-hybridized carbons (Fsp3) is 0.250. The van der Waals surface area contributed by atoms with Crippen molar-refractivity contribution in [2.45, 2.75) is 31.2 Å². The summed E-state index contributed by atoms with van der Waals surface area (Å²) < 4.78 is 25.3. The number of alkyl halides is 1. The Morgan fingerprint density at radius 2 is 1.79 bits per heavy atom. The van der Waals surface area contributed by atoms with Crippen LogP contribution in [0.5, 0.6) is 0 Å². The Morgan fingerprint density at radius 3 is 2.41 bits per heavy atom. The van der Waals surface area contributed by atoms with E-state index in [9.17, 15) is 23.9 Å². The third kappa shape index (κ3) is 4.36. The van der Waals surface area contributed by atoms with Crippen LogP contribution in [0.15, 0.2) is 42.5 Å². The van der Waals surface area contributed by atoms with Crippen molar-refractivity contribution < 1.29 is 33.4 Å². The summed E-state index contributed by atoms with van der Waals surface area (Å²) in [5.74, 6) is -3.29. The number of hydrogen-bond donors (Lipinski definition) is 1. The summed E-state index contributed by atoms with van der Waals surface area (Å²) in [7, 11) is 0. The number of benzene rings is 2. The maximum atomic E-state index is 15.0. The summed E-state index contributed by atoms with van der Waals surface area (Å²) in [4.78, 5) is 35.9. The molecule has 0 aliphatic carbocycles. The zero-order chi connectivity index (χ0) is 21.3. The summed E-state index contributed by atoms with van der Waals surface area (Å²) in [6.45, 7) is 0.950. The minimum atomic E-state index is -2.60. The van der Waals surface area contributed by atoms with E-state index in [0.717, 1.165) is 6.92 Å². The predicted molar refractivity (Wildman–Crippen MR) is 102 cm³/mol. The van der Waals surface area contributed by atoms with E-state index in [1.807, 2.05) is 0 Å². The molecular weight excluding hydrogens is 426 g/mol. The largest absolute Gasteiger partial charge is 0.478 e. The fourth-order valence-electron chi connectivity index (χ4n) is 3.04. The van der Waals surface area contributed by atoms with Gasteiger partial charge >= 0.3 is 17.9 Å². The van der Waals surface area contributed by atoms with Crippen LogP contribution < -0.4 is 0 Å². The summed E-state index contributed by atoms with van der Waals surface area (Å²) in [5, 5.41) is 10.0. The van der Waals surface area contributed by atoms with E-state index < -0.39 is 35.8 Å². The van der Waals surface area contributed by atoms with E-state index in [1.165, 1.54) is 42.5 Å². The number of halogens is 3. The number of aromatic carboxylic acids is 1. The van der Waals surface area contributed by atoms with Gasteiger partial charge in [-0.1, -0.05) is 23.2 Å². The Labute approximate surface area is 175 Å². The number of hydrogen-bond acceptors (Lipinski definition) is 5. The lowest BCUT2D eigenvalue weighted by atomic mass is 9.93. The van der Waals surface area contributed by atoms with Crippen LogP contribution in [0.25, 0.3) is 0 Å². The van der Waals surface area contributed by atoms with E-state index >= 15 is 0 Å². The molecule has 0 bridgehead atoms. The molecule has 152 valence electrons. The predicted octanol–water partition coefficient (Wildman–Crippen LogP) is 4.11. The van der Waals surface area contributed by atoms with Crippen molar-refractivity contribution in [3.05, 3.63) is 69.2 Å². The van der Waals surface area contributed by atoms with Gasteiger partial charge in [0.05, 0.1) is 11.1 Å². The minimum Gasteiger partial charge on any atom is -0.478 e. The maximum Gasteiger partial charge on any atom is 0.348 e. The Morgan fingerprint density at radius 1 is 1.17 bits per heavy atom. The molecule has 1 N–H and O–H groups in total. The molecule has 0 spiro atoms. The van der Waals surface area contributed by atoms with E-state index in [2.05, 4.69) is 0 Å². The smallest absolute Gasteiger partial charge is 0.348 e. The Kier molecular flexibility index (Phi) is 5.82. The van der Waals surface area contributed by atoms with Gasteiger partial charge in [-0.15, -0.1) is 0 Å². The number of rotatable bonds is 5. The molecule has 9 heteroatoms. The van der Waals surface area contributed by atoms with Crippen LogP contribution >= 0.6 is 23.2 Å². The Bertz CT molecular complexity index is 973. The highest BCUT2D eigenvalue weighted by molar-refractivity contribution is 6.31. The van der Waals surface area contributed by atoms with Crippen LogP contribution in [-0.2, 0) is 20.7 Å². The highest BCUT2D eigenvalue weighted by Crippen LogP contribution is 2.35. The first-order chi connectivity index (χ1) is 13.6. The van der Waals surface area contributed by atoms with Gasteiger partial charge in [0.2, 0.25) is 5.67 Å². The van der Waals surface area contributed by atoms with Crippen molar-refractivity contribution in [2.24, 2.45) is 0 Å². The van der Waals surface area contributed by atoms with Gasteiger partial charge in [-0.3, -0.25) is 0 Å². The first kappa shape index (κ1) is 21.1. The zero-order valence-corrected chi connectivity index (χ0v) is 16.5. The number of cyclic esters (lactones) is 1. The number of carboxylic acid groups (broad SMARTS) is 1. The molecule has 1 heterocycles. The summed E-state index contributed by atoms with van der Waals surface area (Å²) in [5.41, 5.74) is -2.36. The van der Waals surface area contributed by atoms with Crippen molar-refractivity contribution in [1.82, 2.24) is 0 Å². The first-order valence-electron chi connectivity index (χ1n) is 8.48. The molecule has 29 heavy (non-hydrogen) atoms. The number of carboxylic acids is 1. The van der Waals surface area contributed by atoms with Gasteiger partial charge in [0.25, 0.3) is 0 Å². The zero-order valence-electron chi connectivity index (χ0n) is 15.0. The fourth-order valence-corrected chi connectivity index (χ4v) is 3.36. The van der Waals surface area contributed by atoms with E-state index in [-0.39, 0.29) is 28.1 Å². The van der Waals surface area contributed by atoms with Crippen molar-refractivity contribution >= 4 is 41.1 Å². The second-order valence-electron chi connectivity index (χ2n) is 6.66. The van der Waals surface area contributed by atoms with Crippen molar-refractivity contribution in [3.8, 4) is 0 Å². The number of carbonyl (C=O) groups is 3. The maximum absolute atomic E-state index is 15.0. The molecule has 1 fully saturated rings. The molecule has 6 nitrogen and oxygen atoms in total. The average molecular weight is 441 g/mol. The molecule has 0 radical (unpaired) electrons. The molecule has 3 atom stereocenters. The van der Waals surface area contributed by atoms with Gasteiger partial charge in [0, 0.05) is 16.5 Å².